The summed E-state index contributed by atoms with van der Waals surface area (Å²) in [5.74, 6) is -7.28. The minimum Gasteiger partial charge on any atom is -0.503 e. The fourth-order valence-electron chi connectivity index (χ4n) is 1.49. The van der Waals surface area contributed by atoms with Crippen LogP contribution < -0.4 is 5.32 Å². The van der Waals surface area contributed by atoms with Crippen LogP contribution in [-0.2, 0) is 0 Å². The van der Waals surface area contributed by atoms with Gasteiger partial charge in [-0.1, -0.05) is 15.9 Å². The second kappa shape index (κ2) is 5.54. The number of halogens is 4. The molecule has 0 atom stereocenters. The van der Waals surface area contributed by atoms with Crippen molar-refractivity contribution in [3.05, 3.63) is 57.8 Å². The van der Waals surface area contributed by atoms with E-state index in [2.05, 4.69) is 21.2 Å². The zero-order valence-corrected chi connectivity index (χ0v) is 11.3. The van der Waals surface area contributed by atoms with Gasteiger partial charge in [0.2, 0.25) is 5.82 Å². The van der Waals surface area contributed by atoms with Gasteiger partial charge in [-0.2, -0.15) is 4.39 Å². The predicted molar refractivity (Wildman–Crippen MR) is 70.1 cm³/mol. The first-order valence-electron chi connectivity index (χ1n) is 5.33. The molecule has 1 amide bonds. The van der Waals surface area contributed by atoms with Crippen LogP contribution in [0.2, 0.25) is 0 Å². The van der Waals surface area contributed by atoms with Crippen LogP contribution >= 0.6 is 15.9 Å². The van der Waals surface area contributed by atoms with Crippen LogP contribution in [0.1, 0.15) is 10.4 Å². The third-order valence-corrected chi connectivity index (χ3v) is 3.01. The van der Waals surface area contributed by atoms with Gasteiger partial charge in [0, 0.05) is 10.2 Å². The van der Waals surface area contributed by atoms with E-state index in [9.17, 15) is 18.0 Å². The molecule has 2 N–H and O–H groups in total. The van der Waals surface area contributed by atoms with Crippen LogP contribution in [0.15, 0.2) is 34.8 Å². The highest BCUT2D eigenvalue weighted by atomic mass is 79.9. The lowest BCUT2D eigenvalue weighted by atomic mass is 10.1. The molecule has 0 unspecified atom stereocenters. The van der Waals surface area contributed by atoms with E-state index in [4.69, 9.17) is 5.11 Å². The van der Waals surface area contributed by atoms with Crippen LogP contribution in [-0.4, -0.2) is 11.0 Å². The first kappa shape index (κ1) is 14.4. The Morgan fingerprint density at radius 2 is 1.70 bits per heavy atom. The highest BCUT2D eigenvalue weighted by Crippen LogP contribution is 2.26. The summed E-state index contributed by atoms with van der Waals surface area (Å²) in [6, 6.07) is 6.71. The second-order valence-electron chi connectivity index (χ2n) is 3.84. The predicted octanol–water partition coefficient (Wildman–Crippen LogP) is 3.82. The summed E-state index contributed by atoms with van der Waals surface area (Å²) in [6.45, 7) is 0. The maximum Gasteiger partial charge on any atom is 0.258 e. The Hall–Kier alpha value is -2.02. The number of hydrogen-bond acceptors (Lipinski definition) is 2. The normalized spacial score (nSPS) is 10.4. The molecule has 0 saturated heterocycles. The lowest BCUT2D eigenvalue weighted by Gasteiger charge is -2.08. The second-order valence-corrected chi connectivity index (χ2v) is 4.76. The fraction of sp³-hybridized carbons (Fsp3) is 0. The molecule has 0 heterocycles. The van der Waals surface area contributed by atoms with Gasteiger partial charge in [0.05, 0.1) is 5.56 Å². The number of benzene rings is 2. The first-order chi connectivity index (χ1) is 9.40. The number of nitrogens with one attached hydrogen (secondary N) is 1. The molecule has 104 valence electrons. The smallest absolute Gasteiger partial charge is 0.258 e. The molecule has 7 heteroatoms. The van der Waals surface area contributed by atoms with E-state index in [1.54, 1.807) is 12.1 Å². The van der Waals surface area contributed by atoms with Crippen LogP contribution in [0, 0.1) is 17.5 Å². The monoisotopic (exact) mass is 345 g/mol. The van der Waals surface area contributed by atoms with Crippen molar-refractivity contribution in [2.45, 2.75) is 0 Å². The molecule has 3 nitrogen and oxygen atoms in total. The number of phenolic OH excluding ortho intramolecular Hbond substituents is 1. The largest absolute Gasteiger partial charge is 0.503 e. The van der Waals surface area contributed by atoms with Gasteiger partial charge in [-0.3, -0.25) is 4.79 Å². The number of rotatable bonds is 2. The Bertz CT molecular complexity index is 674. The Morgan fingerprint density at radius 1 is 1.10 bits per heavy atom. The maximum atomic E-state index is 13.5. The molecule has 2 aromatic carbocycles. The van der Waals surface area contributed by atoms with Crippen molar-refractivity contribution >= 4 is 27.5 Å². The van der Waals surface area contributed by atoms with Gasteiger partial charge in [-0.15, -0.1) is 0 Å². The Morgan fingerprint density at radius 3 is 2.30 bits per heavy atom. The van der Waals surface area contributed by atoms with Crippen molar-refractivity contribution in [1.29, 1.82) is 0 Å². The van der Waals surface area contributed by atoms with E-state index in [1.165, 1.54) is 12.1 Å². The number of anilines is 1. The average Bonchev–Trinajstić information content (AvgIpc) is 2.43. The minimum atomic E-state index is -1.73. The molecular weight excluding hydrogens is 339 g/mol. The molecule has 0 aliphatic heterocycles. The number of carbonyl (C=O) groups is 1. The van der Waals surface area contributed by atoms with Crippen LogP contribution in [0.4, 0.5) is 18.9 Å². The van der Waals surface area contributed by atoms with E-state index in [0.29, 0.717) is 11.8 Å². The van der Waals surface area contributed by atoms with E-state index < -0.39 is 34.7 Å². The molecule has 2 rings (SSSR count). The van der Waals surface area contributed by atoms with Gasteiger partial charge >= 0.3 is 0 Å². The molecule has 0 bridgehead atoms. The summed E-state index contributed by atoms with van der Waals surface area (Å²) in [5.41, 5.74) is -0.453. The Kier molecular flexibility index (Phi) is 3.99. The van der Waals surface area contributed by atoms with Gasteiger partial charge in [0.15, 0.2) is 17.4 Å². The van der Waals surface area contributed by atoms with Crippen molar-refractivity contribution in [2.75, 3.05) is 5.32 Å². The molecule has 0 spiro atoms. The van der Waals surface area contributed by atoms with E-state index in [0.717, 1.165) is 4.47 Å². The minimum absolute atomic E-state index is 0.335. The summed E-state index contributed by atoms with van der Waals surface area (Å²) in [6.07, 6.45) is 0. The van der Waals surface area contributed by atoms with Crippen molar-refractivity contribution in [1.82, 2.24) is 0 Å². The standard InChI is InChI=1S/C13H7BrF3NO2/c14-6-1-3-7(4-2-6)18-13(20)8-5-9(15)11(17)12(19)10(8)16/h1-5,19H,(H,18,20). The summed E-state index contributed by atoms with van der Waals surface area (Å²) >= 11 is 3.20. The third kappa shape index (κ3) is 2.77. The van der Waals surface area contributed by atoms with Gasteiger partial charge in [-0.25, -0.2) is 8.78 Å². The quantitative estimate of drug-likeness (QED) is 0.813. The topological polar surface area (TPSA) is 49.3 Å². The number of aromatic hydroxyl groups is 1. The summed E-state index contributed by atoms with van der Waals surface area (Å²) in [5, 5.41) is 11.3. The third-order valence-electron chi connectivity index (χ3n) is 2.48. The number of phenols is 1. The van der Waals surface area contributed by atoms with Crippen molar-refractivity contribution in [2.24, 2.45) is 0 Å². The lowest BCUT2D eigenvalue weighted by Crippen LogP contribution is -2.14. The first-order valence-corrected chi connectivity index (χ1v) is 6.13. The highest BCUT2D eigenvalue weighted by molar-refractivity contribution is 9.10. The SMILES string of the molecule is O=C(Nc1ccc(Br)cc1)c1cc(F)c(F)c(O)c1F. The van der Waals surface area contributed by atoms with Crippen molar-refractivity contribution in [3.63, 3.8) is 0 Å². The van der Waals surface area contributed by atoms with Gasteiger partial charge in [-0.05, 0) is 30.3 Å². The molecule has 0 saturated carbocycles. The van der Waals surface area contributed by atoms with Crippen molar-refractivity contribution in [3.8, 4) is 5.75 Å². The lowest BCUT2D eigenvalue weighted by molar-refractivity contribution is 0.102. The van der Waals surface area contributed by atoms with E-state index in [1.807, 2.05) is 0 Å². The molecule has 2 aromatic rings. The number of carbonyl (C=O) groups excluding carboxylic acids is 1. The zero-order valence-electron chi connectivity index (χ0n) is 9.75. The zero-order chi connectivity index (χ0) is 14.9. The Labute approximate surface area is 120 Å². The summed E-state index contributed by atoms with van der Waals surface area (Å²) < 4.78 is 40.3. The highest BCUT2D eigenvalue weighted by Gasteiger charge is 2.22. The van der Waals surface area contributed by atoms with E-state index in [-0.39, 0.29) is 0 Å². The molecule has 0 radical (unpaired) electrons. The molecule has 20 heavy (non-hydrogen) atoms. The molecule has 0 aliphatic carbocycles. The van der Waals surface area contributed by atoms with Crippen LogP contribution in [0.25, 0.3) is 0 Å². The Balaban J connectivity index is 2.32. The molecular formula is C13H7BrF3NO2. The number of hydrogen-bond donors (Lipinski definition) is 2. The van der Waals surface area contributed by atoms with Crippen LogP contribution in [0.3, 0.4) is 0 Å². The molecule has 0 aromatic heterocycles. The average molecular weight is 346 g/mol. The maximum absolute atomic E-state index is 13.5. The van der Waals surface area contributed by atoms with Gasteiger partial charge in [0.25, 0.3) is 5.91 Å². The van der Waals surface area contributed by atoms with Crippen LogP contribution in [0.5, 0.6) is 5.75 Å². The van der Waals surface area contributed by atoms with Gasteiger partial charge < -0.3 is 10.4 Å². The van der Waals surface area contributed by atoms with Gasteiger partial charge in [0.1, 0.15) is 0 Å². The number of amides is 1. The fourth-order valence-corrected chi connectivity index (χ4v) is 1.75. The van der Waals surface area contributed by atoms with Crippen molar-refractivity contribution < 1.29 is 23.1 Å². The summed E-state index contributed by atoms with van der Waals surface area (Å²) in [4.78, 5) is 11.8. The summed E-state index contributed by atoms with van der Waals surface area (Å²) in [7, 11) is 0. The molecule has 0 fully saturated rings. The van der Waals surface area contributed by atoms with E-state index >= 15 is 0 Å². The molecule has 0 aliphatic rings.